The van der Waals surface area contributed by atoms with E-state index in [1.54, 1.807) is 31.2 Å². The summed E-state index contributed by atoms with van der Waals surface area (Å²) < 4.78 is 19.4. The largest absolute Gasteiger partial charge is 0.455 e. The van der Waals surface area contributed by atoms with Crippen molar-refractivity contribution < 1.29 is 18.4 Å². The number of rotatable bonds is 5. The Labute approximate surface area is 189 Å². The predicted molar refractivity (Wildman–Crippen MR) is 125 cm³/mol. The molecule has 0 saturated carbocycles. The molecule has 1 N–H and O–H groups in total. The van der Waals surface area contributed by atoms with Crippen LogP contribution in [0.2, 0.25) is 0 Å². The highest BCUT2D eigenvalue weighted by Crippen LogP contribution is 2.27. The smallest absolute Gasteiger partial charge is 0.257 e. The Morgan fingerprint density at radius 1 is 1.00 bits per heavy atom. The van der Waals surface area contributed by atoms with E-state index < -0.39 is 17.6 Å². The van der Waals surface area contributed by atoms with Crippen LogP contribution in [0, 0.1) is 12.7 Å². The third kappa shape index (κ3) is 4.52. The fourth-order valence-corrected chi connectivity index (χ4v) is 3.60. The summed E-state index contributed by atoms with van der Waals surface area (Å²) in [5.74, 6) is -1.06. The molecule has 6 nitrogen and oxygen atoms in total. The van der Waals surface area contributed by atoms with Gasteiger partial charge in [0.25, 0.3) is 5.91 Å². The second kappa shape index (κ2) is 9.08. The van der Waals surface area contributed by atoms with Crippen molar-refractivity contribution in [2.45, 2.75) is 6.92 Å². The first kappa shape index (κ1) is 22.0. The summed E-state index contributed by atoms with van der Waals surface area (Å²) >= 11 is 0. The van der Waals surface area contributed by atoms with Gasteiger partial charge in [0.1, 0.15) is 11.6 Å². The zero-order chi connectivity index (χ0) is 23.5. The van der Waals surface area contributed by atoms with Crippen LogP contribution >= 0.6 is 0 Å². The number of benzene rings is 3. The van der Waals surface area contributed by atoms with Gasteiger partial charge in [0.05, 0.1) is 17.5 Å². The second-order valence-corrected chi connectivity index (χ2v) is 7.65. The van der Waals surface area contributed by atoms with Crippen molar-refractivity contribution in [2.24, 2.45) is 0 Å². The molecular formula is C26H21FN2O4. The Kier molecular flexibility index (Phi) is 6.04. The lowest BCUT2D eigenvalue weighted by atomic mass is 10.0. The number of carbonyl (C=O) groups is 2. The number of carbonyl (C=O) groups excluding carboxylic acids is 2. The SMILES string of the molecule is Cc1c(-c2ccccc2)oc2c(C(=O)N(C)CC(=O)Nc3cccc(F)c3)cccc2c1=O. The highest BCUT2D eigenvalue weighted by Gasteiger charge is 2.22. The van der Waals surface area contributed by atoms with Crippen molar-refractivity contribution >= 4 is 28.5 Å². The summed E-state index contributed by atoms with van der Waals surface area (Å²) in [6, 6.07) is 19.4. The molecule has 0 saturated heterocycles. The van der Waals surface area contributed by atoms with Crippen molar-refractivity contribution in [1.82, 2.24) is 4.90 Å². The summed E-state index contributed by atoms with van der Waals surface area (Å²) in [6.45, 7) is 1.42. The minimum atomic E-state index is -0.487. The number of fused-ring (bicyclic) bond motifs is 1. The topological polar surface area (TPSA) is 79.6 Å². The van der Waals surface area contributed by atoms with Crippen LogP contribution in [0.5, 0.6) is 0 Å². The van der Waals surface area contributed by atoms with Gasteiger partial charge in [0, 0.05) is 23.9 Å². The maximum absolute atomic E-state index is 13.3. The standard InChI is InChI=1S/C26H21FN2O4/c1-16-23(31)20-12-7-13-21(25(20)33-24(16)17-8-4-3-5-9-17)26(32)29(2)15-22(30)28-19-11-6-10-18(27)14-19/h3-14H,15H2,1-2H3,(H,28,30). The van der Waals surface area contributed by atoms with E-state index in [0.29, 0.717) is 17.0 Å². The van der Waals surface area contributed by atoms with Crippen LogP contribution in [0.4, 0.5) is 10.1 Å². The molecule has 4 rings (SSSR count). The zero-order valence-electron chi connectivity index (χ0n) is 18.1. The van der Waals surface area contributed by atoms with Gasteiger partial charge in [0.2, 0.25) is 5.91 Å². The van der Waals surface area contributed by atoms with Gasteiger partial charge in [-0.25, -0.2) is 4.39 Å². The summed E-state index contributed by atoms with van der Waals surface area (Å²) in [7, 11) is 1.47. The van der Waals surface area contributed by atoms with E-state index in [0.717, 1.165) is 5.56 Å². The van der Waals surface area contributed by atoms with Crippen molar-refractivity contribution in [3.63, 3.8) is 0 Å². The van der Waals surface area contributed by atoms with E-state index in [9.17, 15) is 18.8 Å². The van der Waals surface area contributed by atoms with E-state index in [1.165, 1.54) is 30.1 Å². The van der Waals surface area contributed by atoms with Gasteiger partial charge in [-0.2, -0.15) is 0 Å². The van der Waals surface area contributed by atoms with Crippen molar-refractivity contribution in [3.05, 3.63) is 100.0 Å². The molecule has 0 aliphatic carbocycles. The van der Waals surface area contributed by atoms with Crippen molar-refractivity contribution in [1.29, 1.82) is 0 Å². The van der Waals surface area contributed by atoms with Gasteiger partial charge in [-0.3, -0.25) is 14.4 Å². The predicted octanol–water partition coefficient (Wildman–Crippen LogP) is 4.62. The van der Waals surface area contributed by atoms with E-state index in [2.05, 4.69) is 5.32 Å². The van der Waals surface area contributed by atoms with Gasteiger partial charge in [0.15, 0.2) is 11.0 Å². The van der Waals surface area contributed by atoms with Crippen molar-refractivity contribution in [2.75, 3.05) is 18.9 Å². The number of hydrogen-bond donors (Lipinski definition) is 1. The molecule has 0 atom stereocenters. The first-order chi connectivity index (χ1) is 15.8. The average Bonchev–Trinajstić information content (AvgIpc) is 2.81. The molecule has 0 unspecified atom stereocenters. The molecule has 0 radical (unpaired) electrons. The third-order valence-electron chi connectivity index (χ3n) is 5.25. The lowest BCUT2D eigenvalue weighted by Crippen LogP contribution is -2.35. The molecule has 4 aromatic rings. The molecule has 1 aromatic heterocycles. The molecule has 0 aliphatic heterocycles. The Balaban J connectivity index is 1.66. The molecular weight excluding hydrogens is 423 g/mol. The minimum absolute atomic E-state index is 0.161. The number of likely N-dealkylation sites (N-methyl/N-ethyl adjacent to an activating group) is 1. The number of nitrogens with zero attached hydrogens (tertiary/aromatic N) is 1. The van der Waals surface area contributed by atoms with Crippen LogP contribution < -0.4 is 10.7 Å². The Morgan fingerprint density at radius 2 is 1.73 bits per heavy atom. The lowest BCUT2D eigenvalue weighted by molar-refractivity contribution is -0.116. The Morgan fingerprint density at radius 3 is 2.45 bits per heavy atom. The fourth-order valence-electron chi connectivity index (χ4n) is 3.60. The fraction of sp³-hybridized carbons (Fsp3) is 0.115. The third-order valence-corrected chi connectivity index (χ3v) is 5.25. The quantitative estimate of drug-likeness (QED) is 0.487. The summed E-state index contributed by atoms with van der Waals surface area (Å²) in [4.78, 5) is 39.7. The maximum Gasteiger partial charge on any atom is 0.257 e. The van der Waals surface area contributed by atoms with Gasteiger partial charge < -0.3 is 14.6 Å². The number of hydrogen-bond acceptors (Lipinski definition) is 4. The van der Waals surface area contributed by atoms with Gasteiger partial charge >= 0.3 is 0 Å². The minimum Gasteiger partial charge on any atom is -0.455 e. The number of nitrogens with one attached hydrogen (secondary N) is 1. The number of para-hydroxylation sites is 1. The molecule has 0 spiro atoms. The lowest BCUT2D eigenvalue weighted by Gasteiger charge is -2.18. The first-order valence-electron chi connectivity index (χ1n) is 10.3. The zero-order valence-corrected chi connectivity index (χ0v) is 18.1. The highest BCUT2D eigenvalue weighted by atomic mass is 19.1. The molecule has 0 aliphatic rings. The highest BCUT2D eigenvalue weighted by molar-refractivity contribution is 6.06. The molecule has 1 heterocycles. The summed E-state index contributed by atoms with van der Waals surface area (Å²) in [6.07, 6.45) is 0. The average molecular weight is 444 g/mol. The molecule has 0 fully saturated rings. The number of halogens is 1. The molecule has 0 bridgehead atoms. The maximum atomic E-state index is 13.3. The first-order valence-corrected chi connectivity index (χ1v) is 10.3. The molecule has 7 heteroatoms. The number of amides is 2. The molecule has 33 heavy (non-hydrogen) atoms. The van der Waals surface area contributed by atoms with Gasteiger partial charge in [-0.05, 0) is 37.3 Å². The Bertz CT molecular complexity index is 1410. The van der Waals surface area contributed by atoms with E-state index in [1.807, 2.05) is 30.3 Å². The molecule has 166 valence electrons. The van der Waals surface area contributed by atoms with E-state index in [-0.39, 0.29) is 28.5 Å². The van der Waals surface area contributed by atoms with Crippen LogP contribution in [-0.4, -0.2) is 30.3 Å². The molecule has 2 amide bonds. The van der Waals surface area contributed by atoms with Crippen LogP contribution in [-0.2, 0) is 4.79 Å². The van der Waals surface area contributed by atoms with Crippen LogP contribution in [0.25, 0.3) is 22.3 Å². The van der Waals surface area contributed by atoms with Crippen LogP contribution in [0.1, 0.15) is 15.9 Å². The van der Waals surface area contributed by atoms with E-state index >= 15 is 0 Å². The summed E-state index contributed by atoms with van der Waals surface area (Å²) in [5, 5.41) is 2.85. The van der Waals surface area contributed by atoms with Gasteiger partial charge in [-0.15, -0.1) is 0 Å². The second-order valence-electron chi connectivity index (χ2n) is 7.65. The molecule has 3 aromatic carbocycles. The van der Waals surface area contributed by atoms with Crippen LogP contribution in [0.3, 0.4) is 0 Å². The van der Waals surface area contributed by atoms with Crippen LogP contribution in [0.15, 0.2) is 82.0 Å². The monoisotopic (exact) mass is 444 g/mol. The number of anilines is 1. The normalized spacial score (nSPS) is 10.8. The Hall–Kier alpha value is -4.26. The summed E-state index contributed by atoms with van der Waals surface area (Å²) in [5.41, 5.74) is 1.56. The van der Waals surface area contributed by atoms with Gasteiger partial charge in [-0.1, -0.05) is 42.5 Å². The van der Waals surface area contributed by atoms with Crippen molar-refractivity contribution in [3.8, 4) is 11.3 Å². The van der Waals surface area contributed by atoms with E-state index in [4.69, 9.17) is 4.42 Å².